The van der Waals surface area contributed by atoms with Gasteiger partial charge in [0, 0.05) is 11.8 Å². The van der Waals surface area contributed by atoms with E-state index in [0.717, 1.165) is 23.1 Å². The molecule has 1 aromatic carbocycles. The number of anilines is 1. The van der Waals surface area contributed by atoms with Crippen LogP contribution in [0.3, 0.4) is 0 Å². The van der Waals surface area contributed by atoms with Crippen molar-refractivity contribution < 1.29 is 34.8 Å². The molecule has 1 aromatic heterocycles. The van der Waals surface area contributed by atoms with Gasteiger partial charge in [0.15, 0.2) is 15.1 Å². The van der Waals surface area contributed by atoms with Crippen molar-refractivity contribution >= 4 is 34.5 Å². The summed E-state index contributed by atoms with van der Waals surface area (Å²) >= 11 is 2.06. The summed E-state index contributed by atoms with van der Waals surface area (Å²) in [6.07, 6.45) is -5.35. The fourth-order valence-corrected chi connectivity index (χ4v) is 4.58. The normalized spacial score (nSPS) is 27.0. The van der Waals surface area contributed by atoms with Crippen molar-refractivity contribution in [2.75, 3.05) is 12.3 Å². The molecule has 1 fully saturated rings. The van der Waals surface area contributed by atoms with E-state index in [1.54, 1.807) is 0 Å². The van der Waals surface area contributed by atoms with E-state index < -0.39 is 41.4 Å². The van der Waals surface area contributed by atoms with Crippen molar-refractivity contribution in [2.24, 2.45) is 0 Å². The van der Waals surface area contributed by atoms with Crippen molar-refractivity contribution in [1.29, 1.82) is 0 Å². The monoisotopic (exact) mass is 446 g/mol. The number of nitro benzene ring substituents is 1. The first-order valence-corrected chi connectivity index (χ1v) is 9.96. The maximum absolute atomic E-state index is 11.1. The molecule has 2 heterocycles. The van der Waals surface area contributed by atoms with Gasteiger partial charge in [0.2, 0.25) is 0 Å². The van der Waals surface area contributed by atoms with E-state index in [2.05, 4.69) is 10.2 Å². The molecule has 29 heavy (non-hydrogen) atoms. The molecule has 2 aromatic rings. The van der Waals surface area contributed by atoms with E-state index in [1.165, 1.54) is 18.2 Å². The van der Waals surface area contributed by atoms with Gasteiger partial charge in [-0.1, -0.05) is 23.1 Å². The highest BCUT2D eigenvalue weighted by Gasteiger charge is 2.44. The second kappa shape index (κ2) is 9.17. The highest BCUT2D eigenvalue weighted by Crippen LogP contribution is 2.35. The van der Waals surface area contributed by atoms with E-state index >= 15 is 0 Å². The first-order chi connectivity index (χ1) is 13.8. The largest absolute Gasteiger partial charge is 0.479 e. The van der Waals surface area contributed by atoms with Crippen LogP contribution in [0.5, 0.6) is 5.75 Å². The number of aliphatic hydroxyl groups excluding tert-OH is 4. The average Bonchev–Trinajstić information content (AvgIpc) is 3.14. The van der Waals surface area contributed by atoms with Gasteiger partial charge in [0.05, 0.1) is 11.5 Å². The lowest BCUT2D eigenvalue weighted by Gasteiger charge is -2.39. The second-order valence-corrected chi connectivity index (χ2v) is 8.46. The molecular formula is C15H18N4O8S2. The predicted molar refractivity (Wildman–Crippen MR) is 101 cm³/mol. The lowest BCUT2D eigenvalue weighted by molar-refractivity contribution is -0.385. The average molecular weight is 446 g/mol. The third kappa shape index (κ3) is 4.92. The smallest absolute Gasteiger partial charge is 0.312 e. The molecule has 14 heteroatoms. The van der Waals surface area contributed by atoms with Crippen molar-refractivity contribution in [3.05, 3.63) is 33.3 Å². The summed E-state index contributed by atoms with van der Waals surface area (Å²) in [5.74, 6) is 0.0301. The summed E-state index contributed by atoms with van der Waals surface area (Å²) in [6.45, 7) is -0.616. The Hall–Kier alpha value is -2.07. The Morgan fingerprint density at radius 2 is 2.03 bits per heavy atom. The van der Waals surface area contributed by atoms with Crippen LogP contribution in [0.25, 0.3) is 0 Å². The Morgan fingerprint density at radius 1 is 1.28 bits per heavy atom. The molecule has 1 aliphatic heterocycles. The standard InChI is InChI=1S/C15H18N4O8S2/c16-6-1-2-8(7(3-6)19(24)25)26-5-10-17-18-15(28-10)29-14-13(23)12(22)11(21)9(4-20)27-14/h1-3,9,11-14,20-23H,4-5,16H2/t9-,11-,12+,13-,14+/m1/s1. The number of nitro groups is 1. The molecule has 0 aliphatic carbocycles. The molecule has 12 nitrogen and oxygen atoms in total. The van der Waals surface area contributed by atoms with Crippen LogP contribution in [-0.4, -0.2) is 72.0 Å². The molecule has 1 saturated heterocycles. The Balaban J connectivity index is 1.64. The number of aromatic nitrogens is 2. The summed E-state index contributed by atoms with van der Waals surface area (Å²) in [4.78, 5) is 10.5. The summed E-state index contributed by atoms with van der Waals surface area (Å²) in [6, 6.07) is 4.05. The number of nitrogen functional groups attached to an aromatic ring is 1. The minimum atomic E-state index is -1.49. The zero-order valence-electron chi connectivity index (χ0n) is 14.7. The van der Waals surface area contributed by atoms with Crippen LogP contribution in [0.4, 0.5) is 11.4 Å². The number of ether oxygens (including phenoxy) is 2. The first kappa shape index (κ1) is 21.6. The Bertz CT molecular complexity index is 867. The third-order valence-corrected chi connectivity index (χ3v) is 6.18. The van der Waals surface area contributed by atoms with Crippen LogP contribution in [-0.2, 0) is 11.3 Å². The lowest BCUT2D eigenvalue weighted by atomic mass is 10.0. The van der Waals surface area contributed by atoms with Gasteiger partial charge >= 0.3 is 5.69 Å². The number of hydrogen-bond donors (Lipinski definition) is 5. The fraction of sp³-hybridized carbons (Fsp3) is 0.467. The number of rotatable bonds is 7. The highest BCUT2D eigenvalue weighted by atomic mass is 32.2. The molecule has 0 bridgehead atoms. The van der Waals surface area contributed by atoms with E-state index in [9.17, 15) is 30.5 Å². The van der Waals surface area contributed by atoms with E-state index in [-0.39, 0.29) is 23.7 Å². The molecule has 0 radical (unpaired) electrons. The highest BCUT2D eigenvalue weighted by molar-refractivity contribution is 8.01. The number of nitrogens with zero attached hydrogens (tertiary/aromatic N) is 3. The summed E-state index contributed by atoms with van der Waals surface area (Å²) in [5, 5.41) is 58.3. The quantitative estimate of drug-likeness (QED) is 0.208. The fourth-order valence-electron chi connectivity index (χ4n) is 2.55. The summed E-state index contributed by atoms with van der Waals surface area (Å²) in [7, 11) is 0. The zero-order valence-corrected chi connectivity index (χ0v) is 16.3. The first-order valence-electron chi connectivity index (χ1n) is 8.26. The van der Waals surface area contributed by atoms with Gasteiger partial charge in [0.1, 0.15) is 36.5 Å². The molecule has 158 valence electrons. The maximum atomic E-state index is 11.1. The molecule has 0 unspecified atom stereocenters. The zero-order chi connectivity index (χ0) is 21.1. The number of thioether (sulfide) groups is 1. The molecule has 3 rings (SSSR count). The Kier molecular flexibility index (Phi) is 6.84. The predicted octanol–water partition coefficient (Wildman–Crippen LogP) is -0.500. The maximum Gasteiger partial charge on any atom is 0.312 e. The van der Waals surface area contributed by atoms with Crippen molar-refractivity contribution in [3.63, 3.8) is 0 Å². The molecule has 6 N–H and O–H groups in total. The molecular weight excluding hydrogens is 428 g/mol. The number of nitrogens with two attached hydrogens (primary N) is 1. The van der Waals surface area contributed by atoms with E-state index in [1.807, 2.05) is 0 Å². The Labute approximate surface area is 172 Å². The second-order valence-electron chi connectivity index (χ2n) is 6.05. The topological polar surface area (TPSA) is 194 Å². The van der Waals surface area contributed by atoms with Gasteiger partial charge in [-0.2, -0.15) is 0 Å². The van der Waals surface area contributed by atoms with Gasteiger partial charge in [-0.25, -0.2) is 0 Å². The third-order valence-electron chi connectivity index (χ3n) is 4.04. The number of benzene rings is 1. The van der Waals surface area contributed by atoms with Gasteiger partial charge in [-0.05, 0) is 12.1 Å². The SMILES string of the molecule is Nc1ccc(OCc2nnc(S[C@@H]3O[C@H](CO)[C@@H](O)[C@H](O)[C@H]3O)s2)c([N+](=O)[O-])c1. The van der Waals surface area contributed by atoms with Crippen LogP contribution in [0, 0.1) is 10.1 Å². The van der Waals surface area contributed by atoms with E-state index in [4.69, 9.17) is 15.2 Å². The van der Waals surface area contributed by atoms with Crippen molar-refractivity contribution in [3.8, 4) is 5.75 Å². The summed E-state index contributed by atoms with van der Waals surface area (Å²) < 4.78 is 11.2. The van der Waals surface area contributed by atoms with Crippen LogP contribution < -0.4 is 10.5 Å². The van der Waals surface area contributed by atoms with Gasteiger partial charge < -0.3 is 35.6 Å². The molecule has 1 aliphatic rings. The van der Waals surface area contributed by atoms with E-state index in [0.29, 0.717) is 9.35 Å². The molecule has 0 saturated carbocycles. The van der Waals surface area contributed by atoms with Crippen molar-refractivity contribution in [2.45, 2.75) is 40.8 Å². The van der Waals surface area contributed by atoms with Crippen LogP contribution in [0.1, 0.15) is 5.01 Å². The van der Waals surface area contributed by atoms with Gasteiger partial charge in [-0.3, -0.25) is 10.1 Å². The lowest BCUT2D eigenvalue weighted by Crippen LogP contribution is -2.57. The van der Waals surface area contributed by atoms with Crippen LogP contribution >= 0.6 is 23.1 Å². The minimum Gasteiger partial charge on any atom is -0.479 e. The van der Waals surface area contributed by atoms with Crippen LogP contribution in [0.2, 0.25) is 0 Å². The van der Waals surface area contributed by atoms with Gasteiger partial charge in [-0.15, -0.1) is 10.2 Å². The molecule has 0 spiro atoms. The minimum absolute atomic E-state index is 0.0301. The van der Waals surface area contributed by atoms with Crippen LogP contribution in [0.15, 0.2) is 22.5 Å². The van der Waals surface area contributed by atoms with Crippen molar-refractivity contribution in [1.82, 2.24) is 10.2 Å². The number of hydrogen-bond acceptors (Lipinski definition) is 13. The van der Waals surface area contributed by atoms with Gasteiger partial charge in [0.25, 0.3) is 0 Å². The molecule has 5 atom stereocenters. The molecule has 0 amide bonds. The summed E-state index contributed by atoms with van der Waals surface area (Å²) in [5.41, 5.74) is 4.53. The number of aliphatic hydroxyl groups is 4. The Morgan fingerprint density at radius 3 is 2.72 bits per heavy atom.